The number of aliphatic hydroxyl groups excluding tert-OH is 1. The Hall–Kier alpha value is -2.50. The van der Waals surface area contributed by atoms with Crippen LogP contribution in [0.3, 0.4) is 0 Å². The second-order valence-electron chi connectivity index (χ2n) is 11.4. The molecule has 1 N–H and O–H groups in total. The summed E-state index contributed by atoms with van der Waals surface area (Å²) in [5.41, 5.74) is 1.73. The molecule has 3 saturated heterocycles. The summed E-state index contributed by atoms with van der Waals surface area (Å²) in [7, 11) is 0. The molecule has 202 valence electrons. The van der Waals surface area contributed by atoms with Gasteiger partial charge in [-0.2, -0.15) is 15.1 Å². The van der Waals surface area contributed by atoms with Crippen molar-refractivity contribution in [1.29, 1.82) is 0 Å². The van der Waals surface area contributed by atoms with Crippen LogP contribution in [-0.2, 0) is 20.8 Å². The third-order valence-corrected chi connectivity index (χ3v) is 8.40. The fourth-order valence-corrected chi connectivity index (χ4v) is 6.69. The molecule has 3 aromatic rings. The van der Waals surface area contributed by atoms with E-state index in [1.807, 2.05) is 32.0 Å². The molecule has 0 radical (unpaired) electrons. The highest BCUT2D eigenvalue weighted by molar-refractivity contribution is 6.28. The molecule has 5 heterocycles. The molecular formula is C27H32ClN5O5. The van der Waals surface area contributed by atoms with Gasteiger partial charge in [0.15, 0.2) is 23.8 Å². The average Bonchev–Trinajstić information content (AvgIpc) is 3.54. The molecule has 2 aromatic heterocycles. The van der Waals surface area contributed by atoms with Gasteiger partial charge in [-0.15, -0.1) is 0 Å². The number of aliphatic hydroxyl groups is 1. The van der Waals surface area contributed by atoms with Crippen molar-refractivity contribution in [2.75, 3.05) is 18.0 Å². The third kappa shape index (κ3) is 4.14. The van der Waals surface area contributed by atoms with Crippen LogP contribution in [0, 0.1) is 5.41 Å². The predicted molar refractivity (Wildman–Crippen MR) is 139 cm³/mol. The normalized spacial score (nSPS) is 29.5. The maximum Gasteiger partial charge on any atom is 0.231 e. The van der Waals surface area contributed by atoms with E-state index >= 15 is 0 Å². The molecule has 1 spiro atoms. The van der Waals surface area contributed by atoms with E-state index in [1.54, 1.807) is 16.9 Å². The van der Waals surface area contributed by atoms with Crippen LogP contribution in [0.2, 0.25) is 5.28 Å². The molecular weight excluding hydrogens is 510 g/mol. The fourth-order valence-electron chi connectivity index (χ4n) is 6.53. The maximum absolute atomic E-state index is 9.52. The van der Waals surface area contributed by atoms with Crippen LogP contribution in [0.4, 0.5) is 5.82 Å². The zero-order chi connectivity index (χ0) is 26.1. The Balaban J connectivity index is 1.19. The van der Waals surface area contributed by atoms with E-state index in [0.717, 1.165) is 29.9 Å². The van der Waals surface area contributed by atoms with Crippen LogP contribution in [-0.4, -0.2) is 62.2 Å². The van der Waals surface area contributed by atoms with Gasteiger partial charge in [-0.25, -0.2) is 4.68 Å². The summed E-state index contributed by atoms with van der Waals surface area (Å²) < 4.78 is 26.7. The lowest BCUT2D eigenvalue weighted by Crippen LogP contribution is -2.57. The van der Waals surface area contributed by atoms with Gasteiger partial charge < -0.3 is 29.0 Å². The third-order valence-electron chi connectivity index (χ3n) is 8.23. The van der Waals surface area contributed by atoms with Gasteiger partial charge in [0.05, 0.1) is 18.2 Å². The van der Waals surface area contributed by atoms with Gasteiger partial charge in [0.2, 0.25) is 11.6 Å². The topological polar surface area (TPSA) is 104 Å². The lowest BCUT2D eigenvalue weighted by atomic mass is 9.68. The van der Waals surface area contributed by atoms with E-state index in [9.17, 15) is 5.11 Å². The Morgan fingerprint density at radius 2 is 1.89 bits per heavy atom. The van der Waals surface area contributed by atoms with Crippen LogP contribution in [0.15, 0.2) is 30.5 Å². The van der Waals surface area contributed by atoms with Crippen molar-refractivity contribution in [3.05, 3.63) is 41.3 Å². The van der Waals surface area contributed by atoms with E-state index in [0.29, 0.717) is 16.8 Å². The number of aromatic nitrogens is 4. The second kappa shape index (κ2) is 9.02. The van der Waals surface area contributed by atoms with Gasteiger partial charge in [-0.05, 0) is 56.0 Å². The van der Waals surface area contributed by atoms with Gasteiger partial charge in [-0.1, -0.05) is 31.4 Å². The summed E-state index contributed by atoms with van der Waals surface area (Å²) >= 11 is 6.45. The quantitative estimate of drug-likeness (QED) is 0.476. The SMILES string of the molecule is CC1(C)O[C@@H]2[C@@H](Oc3cccc(CO)c3)O[C@@H](n3ncc4c(N5CC6(CCCCC6)C5)nc(Cl)nc43)[C@@H]2O1. The minimum Gasteiger partial charge on any atom is -0.462 e. The molecule has 4 aliphatic rings. The number of rotatable bonds is 5. The van der Waals surface area contributed by atoms with Crippen molar-refractivity contribution >= 4 is 28.5 Å². The van der Waals surface area contributed by atoms with Gasteiger partial charge in [0.1, 0.15) is 17.7 Å². The first-order valence-electron chi connectivity index (χ1n) is 13.4. The largest absolute Gasteiger partial charge is 0.462 e. The lowest BCUT2D eigenvalue weighted by molar-refractivity contribution is -0.225. The summed E-state index contributed by atoms with van der Waals surface area (Å²) in [6, 6.07) is 7.26. The van der Waals surface area contributed by atoms with Crippen molar-refractivity contribution < 1.29 is 24.1 Å². The molecule has 38 heavy (non-hydrogen) atoms. The van der Waals surface area contributed by atoms with E-state index in [1.165, 1.54) is 32.1 Å². The van der Waals surface area contributed by atoms with Crippen LogP contribution in [0.5, 0.6) is 5.75 Å². The molecule has 4 fully saturated rings. The first kappa shape index (κ1) is 24.5. The maximum atomic E-state index is 9.52. The zero-order valence-electron chi connectivity index (χ0n) is 21.5. The number of fused-ring (bicyclic) bond motifs is 2. The minimum absolute atomic E-state index is 0.0791. The van der Waals surface area contributed by atoms with E-state index < -0.39 is 30.5 Å². The number of halogens is 1. The van der Waals surface area contributed by atoms with Crippen LogP contribution >= 0.6 is 11.6 Å². The van der Waals surface area contributed by atoms with Crippen molar-refractivity contribution in [3.8, 4) is 5.75 Å². The Morgan fingerprint density at radius 1 is 1.11 bits per heavy atom. The smallest absolute Gasteiger partial charge is 0.231 e. The monoisotopic (exact) mass is 541 g/mol. The highest BCUT2D eigenvalue weighted by Gasteiger charge is 2.58. The van der Waals surface area contributed by atoms with Crippen molar-refractivity contribution in [3.63, 3.8) is 0 Å². The van der Waals surface area contributed by atoms with Crippen LogP contribution < -0.4 is 9.64 Å². The molecule has 0 unspecified atom stereocenters. The summed E-state index contributed by atoms with van der Waals surface area (Å²) in [6.07, 6.45) is 5.91. The van der Waals surface area contributed by atoms with Crippen LogP contribution in [0.25, 0.3) is 11.0 Å². The average molecular weight is 542 g/mol. The summed E-state index contributed by atoms with van der Waals surface area (Å²) in [5.74, 6) is 0.565. The Bertz CT molecular complexity index is 1350. The molecule has 10 nitrogen and oxygen atoms in total. The highest BCUT2D eigenvalue weighted by Crippen LogP contribution is 2.47. The minimum atomic E-state index is -0.821. The predicted octanol–water partition coefficient (Wildman–Crippen LogP) is 4.20. The van der Waals surface area contributed by atoms with Gasteiger partial charge in [0.25, 0.3) is 0 Å². The van der Waals surface area contributed by atoms with E-state index in [2.05, 4.69) is 20.0 Å². The molecule has 7 rings (SSSR count). The number of benzene rings is 1. The Morgan fingerprint density at radius 3 is 2.68 bits per heavy atom. The first-order valence-corrected chi connectivity index (χ1v) is 13.7. The van der Waals surface area contributed by atoms with Crippen molar-refractivity contribution in [1.82, 2.24) is 19.7 Å². The van der Waals surface area contributed by atoms with E-state index in [-0.39, 0.29) is 11.9 Å². The molecule has 0 amide bonds. The van der Waals surface area contributed by atoms with Gasteiger partial charge in [0, 0.05) is 18.5 Å². The molecule has 3 aliphatic heterocycles. The summed E-state index contributed by atoms with van der Waals surface area (Å²) in [5, 5.41) is 15.2. The first-order chi connectivity index (χ1) is 18.3. The molecule has 4 atom stereocenters. The molecule has 0 bridgehead atoms. The number of anilines is 1. The van der Waals surface area contributed by atoms with Gasteiger partial charge >= 0.3 is 0 Å². The Kier molecular flexibility index (Phi) is 5.83. The van der Waals surface area contributed by atoms with E-state index in [4.69, 9.17) is 30.5 Å². The summed E-state index contributed by atoms with van der Waals surface area (Å²) in [6.45, 7) is 5.63. The zero-order valence-corrected chi connectivity index (χ0v) is 22.3. The number of hydrogen-bond donors (Lipinski definition) is 1. The molecule has 1 aromatic carbocycles. The molecule has 11 heteroatoms. The highest BCUT2D eigenvalue weighted by atomic mass is 35.5. The fraction of sp³-hybridized carbons (Fsp3) is 0.593. The standard InChI is InChI=1S/C27H32ClN5O5/c1-26(2)37-19-20(38-26)24(35-17-8-6-7-16(11-17)13-34)36-23(19)33-22-18(12-29-33)21(30-25(28)31-22)32-14-27(15-32)9-4-3-5-10-27/h6-8,11-12,19-20,23-24,34H,3-5,9-10,13-15H2,1-2H3/t19-,20+,23-,24+/m1/s1. The van der Waals surface area contributed by atoms with Crippen LogP contribution in [0.1, 0.15) is 57.7 Å². The molecule has 1 aliphatic carbocycles. The van der Waals surface area contributed by atoms with Crippen molar-refractivity contribution in [2.45, 2.75) is 83.1 Å². The van der Waals surface area contributed by atoms with Gasteiger partial charge in [-0.3, -0.25) is 0 Å². The molecule has 1 saturated carbocycles. The Labute approximate surface area is 225 Å². The second-order valence-corrected chi connectivity index (χ2v) is 11.8. The summed E-state index contributed by atoms with van der Waals surface area (Å²) in [4.78, 5) is 11.4. The van der Waals surface area contributed by atoms with Crippen molar-refractivity contribution in [2.24, 2.45) is 5.41 Å². The number of hydrogen-bond acceptors (Lipinski definition) is 9. The number of ether oxygens (including phenoxy) is 4. The number of nitrogens with zero attached hydrogens (tertiary/aromatic N) is 5. The lowest BCUT2D eigenvalue weighted by Gasteiger charge is -2.53.